The van der Waals surface area contributed by atoms with Gasteiger partial charge in [0.05, 0.1) is 6.10 Å². The van der Waals surface area contributed by atoms with Gasteiger partial charge in [0.15, 0.2) is 0 Å². The Bertz CT molecular complexity index is 301. The number of hydrogen-bond donors (Lipinski definition) is 2. The molecule has 0 aromatic heterocycles. The second kappa shape index (κ2) is 9.75. The number of hydrazine groups is 1. The van der Waals surface area contributed by atoms with Crippen molar-refractivity contribution in [1.82, 2.24) is 10.4 Å². The lowest BCUT2D eigenvalue weighted by atomic mass is 10.1. The molecule has 0 spiro atoms. The van der Waals surface area contributed by atoms with Crippen LogP contribution in [0.1, 0.15) is 60.3 Å². The molecule has 20 heavy (non-hydrogen) atoms. The van der Waals surface area contributed by atoms with E-state index < -0.39 is 6.10 Å². The van der Waals surface area contributed by atoms with E-state index >= 15 is 0 Å². The molecule has 0 aromatic rings. The molecule has 0 saturated heterocycles. The summed E-state index contributed by atoms with van der Waals surface area (Å²) in [6.45, 7) is 10.3. The number of nitrogens with zero attached hydrogens (tertiary/aromatic N) is 1. The fourth-order valence-corrected chi connectivity index (χ4v) is 1.67. The van der Waals surface area contributed by atoms with Crippen LogP contribution in [0.15, 0.2) is 0 Å². The third-order valence-corrected chi connectivity index (χ3v) is 2.83. The van der Waals surface area contributed by atoms with Gasteiger partial charge in [-0.1, -0.05) is 27.7 Å². The van der Waals surface area contributed by atoms with Crippen molar-refractivity contribution in [2.24, 2.45) is 11.8 Å². The first-order valence-electron chi connectivity index (χ1n) is 7.50. The Balaban J connectivity index is 4.39. The maximum Gasteiger partial charge on any atom is 0.241 e. The highest BCUT2D eigenvalue weighted by atomic mass is 16.3. The molecule has 1 atom stereocenters. The van der Waals surface area contributed by atoms with Gasteiger partial charge in [0.2, 0.25) is 11.8 Å². The highest BCUT2D eigenvalue weighted by molar-refractivity contribution is 5.82. The summed E-state index contributed by atoms with van der Waals surface area (Å²) in [6, 6.07) is 0. The maximum absolute atomic E-state index is 12.1. The van der Waals surface area contributed by atoms with Crippen LogP contribution in [-0.2, 0) is 9.59 Å². The quantitative estimate of drug-likeness (QED) is 0.671. The topological polar surface area (TPSA) is 69.6 Å². The summed E-state index contributed by atoms with van der Waals surface area (Å²) < 4.78 is 0. The van der Waals surface area contributed by atoms with E-state index in [4.69, 9.17) is 0 Å². The van der Waals surface area contributed by atoms with E-state index in [9.17, 15) is 14.7 Å². The van der Waals surface area contributed by atoms with E-state index in [0.717, 1.165) is 6.42 Å². The van der Waals surface area contributed by atoms with Crippen LogP contribution in [-0.4, -0.2) is 34.6 Å². The molecule has 0 heterocycles. The third-order valence-electron chi connectivity index (χ3n) is 2.83. The van der Waals surface area contributed by atoms with Gasteiger partial charge in [-0.15, -0.1) is 0 Å². The van der Waals surface area contributed by atoms with Gasteiger partial charge in [-0.3, -0.25) is 20.0 Å². The Morgan fingerprint density at radius 2 is 1.60 bits per heavy atom. The van der Waals surface area contributed by atoms with Crippen molar-refractivity contribution in [1.29, 1.82) is 0 Å². The molecule has 0 fully saturated rings. The van der Waals surface area contributed by atoms with Crippen molar-refractivity contribution in [2.75, 3.05) is 6.54 Å². The number of carbonyl (C=O) groups excluding carboxylic acids is 2. The predicted molar refractivity (Wildman–Crippen MR) is 79.7 cm³/mol. The second-order valence-corrected chi connectivity index (χ2v) is 6.25. The van der Waals surface area contributed by atoms with Crippen LogP contribution in [0.25, 0.3) is 0 Å². The first kappa shape index (κ1) is 18.9. The number of amides is 2. The molecule has 0 saturated carbocycles. The Hall–Kier alpha value is -1.10. The van der Waals surface area contributed by atoms with E-state index in [2.05, 4.69) is 19.3 Å². The molecule has 5 heteroatoms. The Morgan fingerprint density at radius 3 is 2.05 bits per heavy atom. The van der Waals surface area contributed by atoms with Crippen LogP contribution in [0.5, 0.6) is 0 Å². The SMILES string of the molecule is CC(C)CCC(=O)NN(CC(C)C)C(=O)CCC(C)O. The molecule has 0 aromatic carbocycles. The Kier molecular flexibility index (Phi) is 9.21. The van der Waals surface area contributed by atoms with Gasteiger partial charge >= 0.3 is 0 Å². The first-order chi connectivity index (χ1) is 9.22. The summed E-state index contributed by atoms with van der Waals surface area (Å²) in [5.74, 6) is 0.475. The normalized spacial score (nSPS) is 12.6. The lowest BCUT2D eigenvalue weighted by Crippen LogP contribution is -2.48. The van der Waals surface area contributed by atoms with Gasteiger partial charge in [0.1, 0.15) is 0 Å². The summed E-state index contributed by atoms with van der Waals surface area (Å²) in [5.41, 5.74) is 2.69. The summed E-state index contributed by atoms with van der Waals surface area (Å²) in [4.78, 5) is 23.9. The summed E-state index contributed by atoms with van der Waals surface area (Å²) in [6.07, 6.45) is 1.39. The van der Waals surface area contributed by atoms with Crippen molar-refractivity contribution in [3.05, 3.63) is 0 Å². The molecule has 0 rings (SSSR count). The standard InChI is InChI=1S/C15H30N2O3/c1-11(2)6-8-14(19)16-17(10-12(3)4)15(20)9-7-13(5)18/h11-13,18H,6-10H2,1-5H3,(H,16,19). The van der Waals surface area contributed by atoms with Crippen molar-refractivity contribution in [2.45, 2.75) is 66.4 Å². The maximum atomic E-state index is 12.1. The molecule has 0 aliphatic rings. The zero-order valence-electron chi connectivity index (χ0n) is 13.5. The molecule has 2 amide bonds. The highest BCUT2D eigenvalue weighted by Gasteiger charge is 2.18. The van der Waals surface area contributed by atoms with E-state index in [0.29, 0.717) is 25.3 Å². The molecular weight excluding hydrogens is 256 g/mol. The van der Waals surface area contributed by atoms with Gasteiger partial charge in [-0.2, -0.15) is 0 Å². The van der Waals surface area contributed by atoms with Crippen LogP contribution < -0.4 is 5.43 Å². The number of aliphatic hydroxyl groups is 1. The number of aliphatic hydroxyl groups excluding tert-OH is 1. The lowest BCUT2D eigenvalue weighted by molar-refractivity contribution is -0.142. The smallest absolute Gasteiger partial charge is 0.241 e. The van der Waals surface area contributed by atoms with E-state index in [1.807, 2.05) is 13.8 Å². The zero-order chi connectivity index (χ0) is 15.7. The van der Waals surface area contributed by atoms with Crippen LogP contribution in [0.3, 0.4) is 0 Å². The van der Waals surface area contributed by atoms with Gasteiger partial charge in [0.25, 0.3) is 0 Å². The average molecular weight is 286 g/mol. The van der Waals surface area contributed by atoms with Crippen LogP contribution in [0, 0.1) is 11.8 Å². The molecule has 0 aliphatic carbocycles. The van der Waals surface area contributed by atoms with E-state index in [-0.39, 0.29) is 24.2 Å². The monoisotopic (exact) mass is 286 g/mol. The first-order valence-corrected chi connectivity index (χ1v) is 7.50. The molecule has 2 N–H and O–H groups in total. The zero-order valence-corrected chi connectivity index (χ0v) is 13.5. The minimum absolute atomic E-state index is 0.121. The number of rotatable bonds is 8. The largest absolute Gasteiger partial charge is 0.393 e. The van der Waals surface area contributed by atoms with Crippen molar-refractivity contribution >= 4 is 11.8 Å². The van der Waals surface area contributed by atoms with E-state index in [1.54, 1.807) is 6.92 Å². The van der Waals surface area contributed by atoms with Crippen LogP contribution >= 0.6 is 0 Å². The van der Waals surface area contributed by atoms with Gasteiger partial charge in [-0.25, -0.2) is 0 Å². The Morgan fingerprint density at radius 1 is 1.00 bits per heavy atom. The number of nitrogens with one attached hydrogen (secondary N) is 1. The number of hydrogen-bond acceptors (Lipinski definition) is 3. The van der Waals surface area contributed by atoms with Gasteiger partial charge in [0, 0.05) is 19.4 Å². The van der Waals surface area contributed by atoms with Gasteiger partial charge < -0.3 is 5.11 Å². The van der Waals surface area contributed by atoms with Crippen LogP contribution in [0.4, 0.5) is 0 Å². The summed E-state index contributed by atoms with van der Waals surface area (Å²) in [7, 11) is 0. The molecule has 1 unspecified atom stereocenters. The fourth-order valence-electron chi connectivity index (χ4n) is 1.67. The highest BCUT2D eigenvalue weighted by Crippen LogP contribution is 2.06. The predicted octanol–water partition coefficient (Wildman–Crippen LogP) is 2.10. The van der Waals surface area contributed by atoms with Crippen molar-refractivity contribution < 1.29 is 14.7 Å². The fraction of sp³-hybridized carbons (Fsp3) is 0.867. The van der Waals surface area contributed by atoms with Crippen molar-refractivity contribution in [3.8, 4) is 0 Å². The summed E-state index contributed by atoms with van der Waals surface area (Å²) >= 11 is 0. The molecule has 0 radical (unpaired) electrons. The second-order valence-electron chi connectivity index (χ2n) is 6.25. The molecular formula is C15H30N2O3. The number of carbonyl (C=O) groups is 2. The molecule has 118 valence electrons. The molecule has 5 nitrogen and oxygen atoms in total. The van der Waals surface area contributed by atoms with Crippen LogP contribution in [0.2, 0.25) is 0 Å². The van der Waals surface area contributed by atoms with Crippen molar-refractivity contribution in [3.63, 3.8) is 0 Å². The van der Waals surface area contributed by atoms with E-state index in [1.165, 1.54) is 5.01 Å². The molecule has 0 aliphatic heterocycles. The minimum Gasteiger partial charge on any atom is -0.393 e. The minimum atomic E-state index is -0.503. The Labute approximate surface area is 122 Å². The third kappa shape index (κ3) is 9.78. The summed E-state index contributed by atoms with van der Waals surface area (Å²) in [5, 5.41) is 10.6. The average Bonchev–Trinajstić information content (AvgIpc) is 2.32. The molecule has 0 bridgehead atoms. The lowest BCUT2D eigenvalue weighted by Gasteiger charge is -2.25. The van der Waals surface area contributed by atoms with Gasteiger partial charge in [-0.05, 0) is 31.6 Å².